The largest absolute Gasteiger partial charge is 0.375 e. The zero-order valence-electron chi connectivity index (χ0n) is 6.87. The Morgan fingerprint density at radius 1 is 1.54 bits per heavy atom. The van der Waals surface area contributed by atoms with Gasteiger partial charge >= 0.3 is 0 Å². The van der Waals surface area contributed by atoms with Crippen molar-refractivity contribution in [3.05, 3.63) is 20.8 Å². The highest BCUT2D eigenvalue weighted by Gasteiger charge is 2.09. The van der Waals surface area contributed by atoms with Crippen LogP contribution in [0.2, 0.25) is 0 Å². The van der Waals surface area contributed by atoms with Gasteiger partial charge in [0.05, 0.1) is 10.6 Å². The molecule has 5 heteroatoms. The summed E-state index contributed by atoms with van der Waals surface area (Å²) in [6.45, 7) is 2.08. The van der Waals surface area contributed by atoms with Crippen LogP contribution >= 0.6 is 38.6 Å². The van der Waals surface area contributed by atoms with Crippen molar-refractivity contribution < 1.29 is 0 Å². The number of nitrogens with zero attached hydrogens (tertiary/aromatic N) is 1. The molecular weight excluding hydrogens is 268 g/mol. The second-order valence-corrected chi connectivity index (χ2v) is 5.61. The van der Waals surface area contributed by atoms with E-state index in [0.717, 1.165) is 15.0 Å². The molecule has 0 radical (unpaired) electrons. The maximum Gasteiger partial charge on any atom is 0.180 e. The third-order valence-corrected chi connectivity index (χ3v) is 4.20. The molecule has 68 valence electrons. The molecule has 2 N–H and O–H groups in total. The van der Waals surface area contributed by atoms with Crippen LogP contribution in [0.3, 0.4) is 0 Å². The van der Waals surface area contributed by atoms with Crippen molar-refractivity contribution in [3.63, 3.8) is 0 Å². The molecule has 0 unspecified atom stereocenters. The van der Waals surface area contributed by atoms with Gasteiger partial charge in [-0.15, -0.1) is 22.7 Å². The molecule has 0 atom stereocenters. The fourth-order valence-corrected chi connectivity index (χ4v) is 3.48. The van der Waals surface area contributed by atoms with Gasteiger partial charge in [0.2, 0.25) is 0 Å². The van der Waals surface area contributed by atoms with Crippen LogP contribution in [-0.4, -0.2) is 4.98 Å². The maximum atomic E-state index is 5.57. The summed E-state index contributed by atoms with van der Waals surface area (Å²) in [5.41, 5.74) is 6.53. The first kappa shape index (κ1) is 9.18. The molecule has 2 aromatic rings. The molecule has 0 saturated carbocycles. The number of anilines is 1. The number of aromatic nitrogens is 1. The second-order valence-electron chi connectivity index (χ2n) is 2.61. The third-order valence-electron chi connectivity index (χ3n) is 1.56. The molecule has 0 amide bonds. The van der Waals surface area contributed by atoms with Crippen LogP contribution < -0.4 is 5.73 Å². The van der Waals surface area contributed by atoms with Crippen molar-refractivity contribution in [2.75, 3.05) is 5.73 Å². The van der Waals surface area contributed by atoms with Crippen LogP contribution in [0.15, 0.2) is 15.9 Å². The van der Waals surface area contributed by atoms with Crippen LogP contribution in [-0.2, 0) is 0 Å². The predicted molar refractivity (Wildman–Crippen MR) is 62.3 cm³/mol. The van der Waals surface area contributed by atoms with Gasteiger partial charge in [-0.3, -0.25) is 0 Å². The summed E-state index contributed by atoms with van der Waals surface area (Å²) in [6.07, 6.45) is 0. The Bertz CT molecular complexity index is 433. The fourth-order valence-electron chi connectivity index (χ4n) is 1.05. The van der Waals surface area contributed by atoms with Gasteiger partial charge in [-0.05, 0) is 28.9 Å². The minimum atomic E-state index is 0.618. The van der Waals surface area contributed by atoms with E-state index in [-0.39, 0.29) is 0 Å². The molecule has 0 fully saturated rings. The van der Waals surface area contributed by atoms with Gasteiger partial charge in [0.25, 0.3) is 0 Å². The van der Waals surface area contributed by atoms with Gasteiger partial charge in [-0.2, -0.15) is 0 Å². The van der Waals surface area contributed by atoms with E-state index in [1.54, 1.807) is 11.3 Å². The van der Waals surface area contributed by atoms with Crippen molar-refractivity contribution in [2.24, 2.45) is 0 Å². The van der Waals surface area contributed by atoms with E-state index in [1.807, 2.05) is 5.38 Å². The zero-order valence-corrected chi connectivity index (χ0v) is 10.1. The molecule has 2 nitrogen and oxygen atoms in total. The zero-order chi connectivity index (χ0) is 9.42. The van der Waals surface area contributed by atoms with Crippen LogP contribution in [0.4, 0.5) is 5.13 Å². The predicted octanol–water partition coefficient (Wildman–Crippen LogP) is 3.52. The number of thiophene rings is 1. The molecule has 0 aliphatic rings. The molecule has 2 aromatic heterocycles. The molecule has 0 saturated heterocycles. The maximum absolute atomic E-state index is 5.57. The summed E-state index contributed by atoms with van der Waals surface area (Å²) in [4.78, 5) is 6.66. The summed E-state index contributed by atoms with van der Waals surface area (Å²) < 4.78 is 1.10. The molecule has 13 heavy (non-hydrogen) atoms. The average molecular weight is 275 g/mol. The summed E-state index contributed by atoms with van der Waals surface area (Å²) in [5.74, 6) is 0. The average Bonchev–Trinajstić information content (AvgIpc) is 2.58. The number of halogens is 1. The monoisotopic (exact) mass is 274 g/mol. The summed E-state index contributed by atoms with van der Waals surface area (Å²) >= 11 is 6.69. The molecule has 0 bridgehead atoms. The van der Waals surface area contributed by atoms with Crippen molar-refractivity contribution >= 4 is 43.7 Å². The normalized spacial score (nSPS) is 10.6. The molecule has 2 heterocycles. The number of aryl methyl sites for hydroxylation is 1. The van der Waals surface area contributed by atoms with E-state index in [1.165, 1.54) is 16.2 Å². The lowest BCUT2D eigenvalue weighted by atomic mass is 10.4. The van der Waals surface area contributed by atoms with E-state index in [0.29, 0.717) is 5.13 Å². The van der Waals surface area contributed by atoms with E-state index < -0.39 is 0 Å². The Morgan fingerprint density at radius 3 is 2.77 bits per heavy atom. The highest BCUT2D eigenvalue weighted by Crippen LogP contribution is 2.36. The molecule has 2 rings (SSSR count). The lowest BCUT2D eigenvalue weighted by Crippen LogP contribution is -1.81. The summed E-state index contributed by atoms with van der Waals surface area (Å²) in [5, 5.41) is 2.60. The topological polar surface area (TPSA) is 38.9 Å². The standard InChI is InChI=1S/C8H7BrN2S2/c1-4-2-5(9)7(13-4)6-3-12-8(10)11-6/h2-3H,1H3,(H2,10,11). The van der Waals surface area contributed by atoms with E-state index in [9.17, 15) is 0 Å². The highest BCUT2D eigenvalue weighted by atomic mass is 79.9. The minimum Gasteiger partial charge on any atom is -0.375 e. The summed E-state index contributed by atoms with van der Waals surface area (Å²) in [6, 6.07) is 2.09. The molecule has 0 aliphatic carbocycles. The number of nitrogen functional groups attached to an aromatic ring is 1. The number of nitrogens with two attached hydrogens (primary N) is 1. The Hall–Kier alpha value is -0.390. The minimum absolute atomic E-state index is 0.618. The van der Waals surface area contributed by atoms with Crippen LogP contribution in [0.1, 0.15) is 4.88 Å². The van der Waals surface area contributed by atoms with Gasteiger partial charge in [-0.1, -0.05) is 0 Å². The van der Waals surface area contributed by atoms with Crippen LogP contribution in [0.5, 0.6) is 0 Å². The Labute approximate surface area is 92.6 Å². The second kappa shape index (κ2) is 3.40. The van der Waals surface area contributed by atoms with Gasteiger partial charge in [0, 0.05) is 14.7 Å². The first-order valence-corrected chi connectivity index (χ1v) is 6.13. The van der Waals surface area contributed by atoms with Crippen molar-refractivity contribution in [3.8, 4) is 10.6 Å². The van der Waals surface area contributed by atoms with Gasteiger partial charge in [0.1, 0.15) is 0 Å². The Kier molecular flexibility index (Phi) is 2.40. The Balaban J connectivity index is 2.51. The number of hydrogen-bond donors (Lipinski definition) is 1. The van der Waals surface area contributed by atoms with E-state index >= 15 is 0 Å². The van der Waals surface area contributed by atoms with Crippen molar-refractivity contribution in [2.45, 2.75) is 6.92 Å². The number of hydrogen-bond acceptors (Lipinski definition) is 4. The van der Waals surface area contributed by atoms with Gasteiger partial charge in [0.15, 0.2) is 5.13 Å². The molecule has 0 aliphatic heterocycles. The summed E-state index contributed by atoms with van der Waals surface area (Å²) in [7, 11) is 0. The highest BCUT2D eigenvalue weighted by molar-refractivity contribution is 9.10. The smallest absolute Gasteiger partial charge is 0.180 e. The van der Waals surface area contributed by atoms with Gasteiger partial charge in [-0.25, -0.2) is 4.98 Å². The quantitative estimate of drug-likeness (QED) is 0.864. The molecule has 0 aromatic carbocycles. The third kappa shape index (κ3) is 1.77. The number of thiazole rings is 1. The lowest BCUT2D eigenvalue weighted by molar-refractivity contribution is 1.43. The number of rotatable bonds is 1. The van der Waals surface area contributed by atoms with Crippen LogP contribution in [0, 0.1) is 6.92 Å². The molecular formula is C8H7BrN2S2. The van der Waals surface area contributed by atoms with Crippen molar-refractivity contribution in [1.29, 1.82) is 0 Å². The Morgan fingerprint density at radius 2 is 2.31 bits per heavy atom. The van der Waals surface area contributed by atoms with Crippen LogP contribution in [0.25, 0.3) is 10.6 Å². The first-order chi connectivity index (χ1) is 6.16. The van der Waals surface area contributed by atoms with E-state index in [4.69, 9.17) is 5.73 Å². The van der Waals surface area contributed by atoms with Gasteiger partial charge < -0.3 is 5.73 Å². The van der Waals surface area contributed by atoms with E-state index in [2.05, 4.69) is 33.9 Å². The van der Waals surface area contributed by atoms with Crippen molar-refractivity contribution in [1.82, 2.24) is 4.98 Å². The first-order valence-electron chi connectivity index (χ1n) is 3.64. The lowest BCUT2D eigenvalue weighted by Gasteiger charge is -1.89. The molecule has 0 spiro atoms. The fraction of sp³-hybridized carbons (Fsp3) is 0.125. The SMILES string of the molecule is Cc1cc(Br)c(-c2csc(N)n2)s1.